The first-order chi connectivity index (χ1) is 16.1. The number of ether oxygens (including phenoxy) is 2. The molecule has 4 N–H and O–H groups in total. The summed E-state index contributed by atoms with van der Waals surface area (Å²) in [6.45, 7) is 10.4. The summed E-state index contributed by atoms with van der Waals surface area (Å²) in [7, 11) is 0. The van der Waals surface area contributed by atoms with E-state index in [0.717, 1.165) is 5.56 Å². The smallest absolute Gasteiger partial charge is 0.221 e. The lowest BCUT2D eigenvalue weighted by Crippen LogP contribution is -2.16. The molecule has 3 rings (SSSR count). The lowest BCUT2D eigenvalue weighted by molar-refractivity contribution is 0.536. The molecule has 3 aromatic carbocycles. The molecule has 0 amide bonds. The first-order valence-corrected chi connectivity index (χ1v) is 11.1. The molecule has 0 saturated heterocycles. The first kappa shape index (κ1) is 26.2. The fourth-order valence-electron chi connectivity index (χ4n) is 2.95. The van der Waals surface area contributed by atoms with Crippen molar-refractivity contribution in [2.45, 2.75) is 40.0 Å². The standard InChI is InChI=1S/C26H26N4O2.C2H6/c1-26(2,3)21-14-12-18(13-15-21)23(28)32-25(30)20-11-7-10-19(16-20)24(29)31-22(27)17-8-5-4-6-9-17;1-2/h4-16,27-30H,1-3H3;1-2H3. The lowest BCUT2D eigenvalue weighted by atomic mass is 9.87. The molecule has 176 valence electrons. The summed E-state index contributed by atoms with van der Waals surface area (Å²) in [6.07, 6.45) is 0. The molecule has 0 bridgehead atoms. The number of nitrogens with one attached hydrogen (secondary N) is 4. The number of rotatable bonds is 4. The third-order valence-corrected chi connectivity index (χ3v) is 4.84. The molecule has 0 saturated carbocycles. The van der Waals surface area contributed by atoms with E-state index in [1.54, 1.807) is 48.5 Å². The van der Waals surface area contributed by atoms with Crippen molar-refractivity contribution in [3.8, 4) is 0 Å². The average molecular weight is 457 g/mol. The summed E-state index contributed by atoms with van der Waals surface area (Å²) < 4.78 is 10.8. The summed E-state index contributed by atoms with van der Waals surface area (Å²) in [5, 5.41) is 32.7. The molecule has 0 radical (unpaired) electrons. The number of benzene rings is 3. The minimum Gasteiger partial charge on any atom is -0.421 e. The van der Waals surface area contributed by atoms with Crippen LogP contribution in [0.4, 0.5) is 0 Å². The quantitative estimate of drug-likeness (QED) is 0.257. The van der Waals surface area contributed by atoms with Crippen LogP contribution in [0.3, 0.4) is 0 Å². The van der Waals surface area contributed by atoms with Gasteiger partial charge >= 0.3 is 0 Å². The zero-order valence-corrected chi connectivity index (χ0v) is 20.3. The Balaban J connectivity index is 0.00000199. The van der Waals surface area contributed by atoms with Crippen LogP contribution in [0.25, 0.3) is 0 Å². The van der Waals surface area contributed by atoms with Crippen LogP contribution in [0.5, 0.6) is 0 Å². The molecule has 0 spiro atoms. The number of hydrogen-bond acceptors (Lipinski definition) is 6. The van der Waals surface area contributed by atoms with Crippen molar-refractivity contribution in [1.82, 2.24) is 0 Å². The van der Waals surface area contributed by atoms with Gasteiger partial charge in [-0.1, -0.05) is 71.0 Å². The van der Waals surface area contributed by atoms with Gasteiger partial charge < -0.3 is 9.47 Å². The SMILES string of the molecule is CC.CC(C)(C)c1ccc(C(=N)OC(=N)c2cccc(C(=N)OC(=N)c3ccccc3)c2)cc1. The summed E-state index contributed by atoms with van der Waals surface area (Å²) in [4.78, 5) is 0. The molecule has 0 atom stereocenters. The normalized spacial score (nSPS) is 10.4. The summed E-state index contributed by atoms with van der Waals surface area (Å²) in [5.41, 5.74) is 3.10. The van der Waals surface area contributed by atoms with Gasteiger partial charge in [-0.25, -0.2) is 0 Å². The molecule has 0 fully saturated rings. The minimum atomic E-state index is -0.207. The van der Waals surface area contributed by atoms with Crippen molar-refractivity contribution in [3.05, 3.63) is 107 Å². The van der Waals surface area contributed by atoms with Gasteiger partial charge in [-0.3, -0.25) is 21.6 Å². The zero-order valence-electron chi connectivity index (χ0n) is 20.3. The van der Waals surface area contributed by atoms with Crippen LogP contribution in [-0.2, 0) is 14.9 Å². The molecule has 0 aliphatic carbocycles. The minimum absolute atomic E-state index is 0.0120. The van der Waals surface area contributed by atoms with E-state index < -0.39 is 0 Å². The molecular weight excluding hydrogens is 424 g/mol. The average Bonchev–Trinajstić information content (AvgIpc) is 2.85. The van der Waals surface area contributed by atoms with Crippen LogP contribution in [-0.4, -0.2) is 23.6 Å². The van der Waals surface area contributed by atoms with E-state index in [-0.39, 0.29) is 29.0 Å². The Bertz CT molecular complexity index is 1160. The Labute approximate surface area is 201 Å². The van der Waals surface area contributed by atoms with E-state index in [0.29, 0.717) is 22.3 Å². The van der Waals surface area contributed by atoms with Gasteiger partial charge in [0.15, 0.2) is 0 Å². The second-order valence-corrected chi connectivity index (χ2v) is 8.29. The van der Waals surface area contributed by atoms with Crippen LogP contribution in [0.1, 0.15) is 62.4 Å². The highest BCUT2D eigenvalue weighted by atomic mass is 16.5. The fourth-order valence-corrected chi connectivity index (χ4v) is 2.95. The van der Waals surface area contributed by atoms with Gasteiger partial charge in [0, 0.05) is 22.3 Å². The van der Waals surface area contributed by atoms with Crippen LogP contribution in [0.15, 0.2) is 78.9 Å². The second-order valence-electron chi connectivity index (χ2n) is 8.29. The van der Waals surface area contributed by atoms with Crippen molar-refractivity contribution in [1.29, 1.82) is 21.6 Å². The summed E-state index contributed by atoms with van der Waals surface area (Å²) >= 11 is 0. The topological polar surface area (TPSA) is 114 Å². The highest BCUT2D eigenvalue weighted by Crippen LogP contribution is 2.22. The zero-order chi connectivity index (χ0) is 25.3. The molecule has 3 aromatic rings. The van der Waals surface area contributed by atoms with E-state index in [2.05, 4.69) is 20.8 Å². The van der Waals surface area contributed by atoms with Crippen LogP contribution < -0.4 is 0 Å². The van der Waals surface area contributed by atoms with Gasteiger partial charge in [0.2, 0.25) is 23.6 Å². The van der Waals surface area contributed by atoms with Crippen molar-refractivity contribution >= 4 is 23.6 Å². The Morgan fingerprint density at radius 1 is 0.529 bits per heavy atom. The maximum Gasteiger partial charge on any atom is 0.221 e. The highest BCUT2D eigenvalue weighted by Gasteiger charge is 2.16. The lowest BCUT2D eigenvalue weighted by Gasteiger charge is -2.19. The Hall–Kier alpha value is -4.06. The van der Waals surface area contributed by atoms with E-state index in [4.69, 9.17) is 31.1 Å². The van der Waals surface area contributed by atoms with Crippen LogP contribution in [0, 0.1) is 21.6 Å². The highest BCUT2D eigenvalue weighted by molar-refractivity contribution is 6.07. The summed E-state index contributed by atoms with van der Waals surface area (Å²) in [6, 6.07) is 23.0. The predicted octanol–water partition coefficient (Wildman–Crippen LogP) is 6.75. The number of hydrogen-bond donors (Lipinski definition) is 4. The molecule has 0 heterocycles. The molecule has 0 unspecified atom stereocenters. The second kappa shape index (κ2) is 11.7. The van der Waals surface area contributed by atoms with E-state index in [1.165, 1.54) is 0 Å². The third-order valence-electron chi connectivity index (χ3n) is 4.84. The molecule has 6 nitrogen and oxygen atoms in total. The van der Waals surface area contributed by atoms with E-state index in [1.807, 2.05) is 44.2 Å². The molecule has 0 aromatic heterocycles. The van der Waals surface area contributed by atoms with Crippen LogP contribution >= 0.6 is 0 Å². The third kappa shape index (κ3) is 6.97. The Kier molecular flexibility index (Phi) is 9.01. The predicted molar refractivity (Wildman–Crippen MR) is 139 cm³/mol. The maximum absolute atomic E-state index is 8.25. The van der Waals surface area contributed by atoms with Gasteiger partial charge in [0.1, 0.15) is 0 Å². The monoisotopic (exact) mass is 456 g/mol. The van der Waals surface area contributed by atoms with E-state index >= 15 is 0 Å². The van der Waals surface area contributed by atoms with Crippen molar-refractivity contribution in [2.24, 2.45) is 0 Å². The van der Waals surface area contributed by atoms with Gasteiger partial charge in [0.05, 0.1) is 0 Å². The largest absolute Gasteiger partial charge is 0.421 e. The van der Waals surface area contributed by atoms with E-state index in [9.17, 15) is 0 Å². The van der Waals surface area contributed by atoms with Crippen molar-refractivity contribution < 1.29 is 9.47 Å². The van der Waals surface area contributed by atoms with Crippen molar-refractivity contribution in [3.63, 3.8) is 0 Å². The Morgan fingerprint density at radius 2 is 0.912 bits per heavy atom. The molecule has 6 heteroatoms. The molecule has 34 heavy (non-hydrogen) atoms. The van der Waals surface area contributed by atoms with Gasteiger partial charge in [-0.15, -0.1) is 0 Å². The maximum atomic E-state index is 8.25. The fraction of sp³-hybridized carbons (Fsp3) is 0.214. The molecular formula is C28H32N4O2. The van der Waals surface area contributed by atoms with Crippen LogP contribution in [0.2, 0.25) is 0 Å². The Morgan fingerprint density at radius 3 is 1.35 bits per heavy atom. The molecule has 0 aliphatic rings. The van der Waals surface area contributed by atoms with Gasteiger partial charge in [-0.2, -0.15) is 0 Å². The van der Waals surface area contributed by atoms with Gasteiger partial charge in [0.25, 0.3) is 0 Å². The van der Waals surface area contributed by atoms with Crippen molar-refractivity contribution in [2.75, 3.05) is 0 Å². The van der Waals surface area contributed by atoms with Gasteiger partial charge in [-0.05, 0) is 53.4 Å². The first-order valence-electron chi connectivity index (χ1n) is 11.1. The molecule has 0 aliphatic heterocycles. The summed E-state index contributed by atoms with van der Waals surface area (Å²) in [5.74, 6) is -0.671.